The monoisotopic (exact) mass is 489 g/mol. The van der Waals surface area contributed by atoms with Crippen LogP contribution in [-0.4, -0.2) is 48.5 Å². The molecule has 4 rings (SSSR count). The first-order chi connectivity index (χ1) is 16.6. The third-order valence-electron chi connectivity index (χ3n) is 5.01. The lowest BCUT2D eigenvalue weighted by atomic mass is 10.1. The fourth-order valence-electron chi connectivity index (χ4n) is 3.37. The summed E-state index contributed by atoms with van der Waals surface area (Å²) in [5.74, 6) is -4.22. The molecule has 0 saturated heterocycles. The Balaban J connectivity index is 1.80. The lowest BCUT2D eigenvalue weighted by Crippen LogP contribution is -2.34. The van der Waals surface area contributed by atoms with Crippen LogP contribution in [0.3, 0.4) is 0 Å². The zero-order valence-electron chi connectivity index (χ0n) is 18.9. The molecule has 0 amide bonds. The highest BCUT2D eigenvalue weighted by Crippen LogP contribution is 2.30. The van der Waals surface area contributed by atoms with E-state index in [2.05, 4.69) is 30.7 Å². The fraction of sp³-hybridized carbons (Fsp3) is 0.304. The van der Waals surface area contributed by atoms with Gasteiger partial charge in [-0.3, -0.25) is 4.98 Å². The van der Waals surface area contributed by atoms with Crippen molar-refractivity contribution < 1.29 is 22.7 Å². The number of nitrogens with one attached hydrogen (secondary N) is 2. The Hall–Kier alpha value is -3.64. The Labute approximate surface area is 198 Å². The van der Waals surface area contributed by atoms with Crippen LogP contribution >= 0.6 is 0 Å². The third kappa shape index (κ3) is 5.54. The summed E-state index contributed by atoms with van der Waals surface area (Å²) in [6.45, 7) is 2.09. The summed E-state index contributed by atoms with van der Waals surface area (Å²) in [5, 5.41) is 20.4. The molecule has 0 aliphatic rings. The minimum Gasteiger partial charge on any atom is -0.389 e. The van der Waals surface area contributed by atoms with E-state index in [1.807, 2.05) is 0 Å². The highest BCUT2D eigenvalue weighted by Gasteiger charge is 2.33. The molecule has 0 unspecified atom stereocenters. The Morgan fingerprint density at radius 2 is 1.91 bits per heavy atom. The summed E-state index contributed by atoms with van der Waals surface area (Å²) in [5.41, 5.74) is -0.361. The topological polar surface area (TPSA) is 100 Å². The van der Waals surface area contributed by atoms with Gasteiger partial charge in [-0.25, -0.2) is 23.3 Å². The second kappa shape index (κ2) is 9.55. The number of fused-ring (bicyclic) bond motifs is 1. The minimum absolute atomic E-state index is 0.00817. The zero-order valence-corrected chi connectivity index (χ0v) is 18.9. The Morgan fingerprint density at radius 3 is 2.63 bits per heavy atom. The van der Waals surface area contributed by atoms with Gasteiger partial charge in [0.05, 0.1) is 17.5 Å². The largest absolute Gasteiger partial charge is 0.389 e. The van der Waals surface area contributed by atoms with Crippen LogP contribution in [0.5, 0.6) is 0 Å². The molecule has 0 atom stereocenters. The van der Waals surface area contributed by atoms with Crippen LogP contribution in [0.2, 0.25) is 0 Å². The maximum Gasteiger partial charge on any atom is 0.317 e. The molecule has 0 radical (unpaired) electrons. The molecular formula is C23H23F4N7O. The highest BCUT2D eigenvalue weighted by atomic mass is 19.3. The second-order valence-electron chi connectivity index (χ2n) is 8.56. The van der Waals surface area contributed by atoms with Crippen LogP contribution in [0.25, 0.3) is 17.0 Å². The van der Waals surface area contributed by atoms with Crippen LogP contribution in [0, 0.1) is 5.82 Å². The van der Waals surface area contributed by atoms with Crippen molar-refractivity contribution in [3.8, 4) is 11.5 Å². The number of aliphatic hydroxyl groups is 1. The molecule has 35 heavy (non-hydrogen) atoms. The van der Waals surface area contributed by atoms with E-state index < -0.39 is 29.7 Å². The van der Waals surface area contributed by atoms with E-state index in [0.29, 0.717) is 18.6 Å². The first kappa shape index (κ1) is 24.5. The van der Waals surface area contributed by atoms with Gasteiger partial charge in [0.15, 0.2) is 18.3 Å². The number of rotatable bonds is 9. The van der Waals surface area contributed by atoms with Gasteiger partial charge in [-0.05, 0) is 43.7 Å². The molecule has 184 valence electrons. The molecule has 0 aliphatic heterocycles. The average Bonchev–Trinajstić information content (AvgIpc) is 3.23. The first-order valence-electron chi connectivity index (χ1n) is 10.7. The Bertz CT molecular complexity index is 1340. The number of nitrogens with zero attached hydrogens (tertiary/aromatic N) is 5. The van der Waals surface area contributed by atoms with Crippen LogP contribution in [-0.2, 0) is 12.5 Å². The number of pyridine rings is 2. The van der Waals surface area contributed by atoms with Gasteiger partial charge in [0, 0.05) is 25.5 Å². The molecule has 8 nitrogen and oxygen atoms in total. The van der Waals surface area contributed by atoms with Crippen molar-refractivity contribution in [3.63, 3.8) is 0 Å². The predicted molar refractivity (Wildman–Crippen MR) is 122 cm³/mol. The number of anilines is 2. The second-order valence-corrected chi connectivity index (χ2v) is 8.56. The molecule has 12 heteroatoms. The smallest absolute Gasteiger partial charge is 0.317 e. The number of hydrogen-bond donors (Lipinski definition) is 3. The Morgan fingerprint density at radius 1 is 1.11 bits per heavy atom. The lowest BCUT2D eigenvalue weighted by molar-refractivity contribution is -0.0320. The predicted octanol–water partition coefficient (Wildman–Crippen LogP) is 3.99. The summed E-state index contributed by atoms with van der Waals surface area (Å²) in [4.78, 5) is 12.0. The lowest BCUT2D eigenvalue weighted by Gasteiger charge is -2.18. The van der Waals surface area contributed by atoms with Crippen molar-refractivity contribution in [2.45, 2.75) is 31.9 Å². The van der Waals surface area contributed by atoms with Crippen LogP contribution in [0.4, 0.5) is 29.1 Å². The molecule has 0 saturated carbocycles. The van der Waals surface area contributed by atoms with Crippen molar-refractivity contribution in [1.82, 2.24) is 29.9 Å². The standard InChI is InChI=1S/C23H23F4N7O/c1-22(2,35)13-29-10-14-7-9-34-19(14)21(31-16-6-8-28-11-15(16)25)32-20(33-34)17-4-3-5-18(30-17)23(26,27)12-24/h3-9,11,29,35H,10,12-13H2,1-2H3,(H,28,31,32,33). The molecule has 0 aliphatic carbocycles. The molecule has 4 heterocycles. The van der Waals surface area contributed by atoms with Gasteiger partial charge in [-0.2, -0.15) is 8.78 Å². The van der Waals surface area contributed by atoms with E-state index in [1.54, 1.807) is 26.1 Å². The van der Waals surface area contributed by atoms with Crippen molar-refractivity contribution >= 4 is 17.0 Å². The van der Waals surface area contributed by atoms with E-state index in [-0.39, 0.29) is 23.0 Å². The summed E-state index contributed by atoms with van der Waals surface area (Å²) in [7, 11) is 0. The van der Waals surface area contributed by atoms with Crippen LogP contribution < -0.4 is 10.6 Å². The van der Waals surface area contributed by atoms with Crippen molar-refractivity contribution in [1.29, 1.82) is 0 Å². The normalized spacial score (nSPS) is 12.3. The quantitative estimate of drug-likeness (QED) is 0.306. The number of aromatic nitrogens is 5. The van der Waals surface area contributed by atoms with Crippen molar-refractivity contribution in [2.75, 3.05) is 18.5 Å². The van der Waals surface area contributed by atoms with Gasteiger partial charge < -0.3 is 15.7 Å². The molecule has 4 aromatic rings. The molecular weight excluding hydrogens is 466 g/mol. The molecule has 3 N–H and O–H groups in total. The SMILES string of the molecule is CC(C)(O)CNCc1ccn2nc(-c3cccc(C(F)(F)CF)n3)nc(Nc3ccncc3F)c12. The fourth-order valence-corrected chi connectivity index (χ4v) is 3.37. The molecule has 0 bridgehead atoms. The maximum absolute atomic E-state index is 14.3. The maximum atomic E-state index is 14.3. The van der Waals surface area contributed by atoms with E-state index in [9.17, 15) is 22.7 Å². The number of alkyl halides is 3. The highest BCUT2D eigenvalue weighted by molar-refractivity contribution is 5.78. The van der Waals surface area contributed by atoms with Crippen molar-refractivity contribution in [3.05, 3.63) is 66.0 Å². The summed E-state index contributed by atoms with van der Waals surface area (Å²) in [6.07, 6.45) is 4.07. The van der Waals surface area contributed by atoms with E-state index in [0.717, 1.165) is 17.8 Å². The molecule has 4 aromatic heterocycles. The number of halogens is 4. The summed E-state index contributed by atoms with van der Waals surface area (Å²) < 4.78 is 56.4. The van der Waals surface area contributed by atoms with Gasteiger partial charge in [-0.15, -0.1) is 5.10 Å². The summed E-state index contributed by atoms with van der Waals surface area (Å²) in [6, 6.07) is 6.94. The number of hydrogen-bond acceptors (Lipinski definition) is 7. The van der Waals surface area contributed by atoms with Gasteiger partial charge >= 0.3 is 5.92 Å². The average molecular weight is 489 g/mol. The van der Waals surface area contributed by atoms with Gasteiger partial charge in [0.1, 0.15) is 16.9 Å². The van der Waals surface area contributed by atoms with Crippen molar-refractivity contribution in [2.24, 2.45) is 0 Å². The van der Waals surface area contributed by atoms with Gasteiger partial charge in [0.25, 0.3) is 0 Å². The molecule has 0 aromatic carbocycles. The Kier molecular flexibility index (Phi) is 6.68. The first-order valence-corrected chi connectivity index (χ1v) is 10.7. The summed E-state index contributed by atoms with van der Waals surface area (Å²) >= 11 is 0. The molecule has 0 fully saturated rings. The molecule has 0 spiro atoms. The van der Waals surface area contributed by atoms with E-state index in [1.165, 1.54) is 28.9 Å². The van der Waals surface area contributed by atoms with E-state index in [4.69, 9.17) is 0 Å². The van der Waals surface area contributed by atoms with Gasteiger partial charge in [0.2, 0.25) is 5.82 Å². The van der Waals surface area contributed by atoms with Crippen LogP contribution in [0.15, 0.2) is 48.9 Å². The van der Waals surface area contributed by atoms with E-state index >= 15 is 0 Å². The minimum atomic E-state index is -3.76. The zero-order chi connectivity index (χ0) is 25.2. The third-order valence-corrected chi connectivity index (χ3v) is 5.01. The van der Waals surface area contributed by atoms with Gasteiger partial charge in [-0.1, -0.05) is 6.07 Å². The van der Waals surface area contributed by atoms with Crippen LogP contribution in [0.1, 0.15) is 25.1 Å².